The van der Waals surface area contributed by atoms with Crippen LogP contribution in [0.25, 0.3) is 67.3 Å². The van der Waals surface area contributed by atoms with Gasteiger partial charge in [-0.05, 0) is 123 Å². The molecule has 9 N–H and O–H groups in total. The molecule has 0 spiro atoms. The molecule has 3 aliphatic rings. The fraction of sp³-hybridized carbons (Fsp3) is 0.459. The molecule has 0 saturated carbocycles. The van der Waals surface area contributed by atoms with Gasteiger partial charge >= 0.3 is 0 Å². The number of pyridine rings is 6. The van der Waals surface area contributed by atoms with Gasteiger partial charge in [0.15, 0.2) is 46.0 Å². The summed E-state index contributed by atoms with van der Waals surface area (Å²) < 4.78 is 44.0. The van der Waals surface area contributed by atoms with E-state index >= 15 is 0 Å². The highest BCUT2D eigenvalue weighted by Gasteiger charge is 2.40. The third-order valence-corrected chi connectivity index (χ3v) is 17.2. The molecule has 12 heterocycles. The van der Waals surface area contributed by atoms with Crippen LogP contribution in [0.1, 0.15) is 83.7 Å². The van der Waals surface area contributed by atoms with Gasteiger partial charge in [0.05, 0.1) is 51.8 Å². The summed E-state index contributed by atoms with van der Waals surface area (Å²) in [6.45, 7) is 23.3. The minimum absolute atomic E-state index is 0. The highest BCUT2D eigenvalue weighted by atomic mass is 19.1. The number of nitrogens with zero attached hydrogens (tertiary/aromatic N) is 12. The van der Waals surface area contributed by atoms with E-state index in [4.69, 9.17) is 5.73 Å². The average molecular weight is 1160 g/mol. The molecule has 0 aromatic carbocycles. The molecule has 9 aromatic heterocycles. The molecule has 84 heavy (non-hydrogen) atoms. The summed E-state index contributed by atoms with van der Waals surface area (Å²) in [7, 11) is 0. The lowest BCUT2D eigenvalue weighted by atomic mass is 9.76. The molecule has 23 heteroatoms. The monoisotopic (exact) mass is 1160 g/mol. The van der Waals surface area contributed by atoms with E-state index in [1.165, 1.54) is 18.2 Å². The summed E-state index contributed by atoms with van der Waals surface area (Å²) in [6.07, 6.45) is 7.19. The van der Waals surface area contributed by atoms with Gasteiger partial charge in [0.2, 0.25) is 0 Å². The van der Waals surface area contributed by atoms with Crippen molar-refractivity contribution in [3.8, 4) is 34.2 Å². The molecule has 0 aliphatic carbocycles. The fourth-order valence-electron chi connectivity index (χ4n) is 11.2. The first-order chi connectivity index (χ1) is 40.1. The molecule has 3 fully saturated rings. The van der Waals surface area contributed by atoms with E-state index in [1.54, 1.807) is 36.8 Å². The molecule has 0 bridgehead atoms. The van der Waals surface area contributed by atoms with E-state index in [0.717, 1.165) is 47.9 Å². The van der Waals surface area contributed by atoms with Crippen molar-refractivity contribution < 1.29 is 31.9 Å². The quantitative estimate of drug-likeness (QED) is 0.0599. The Labute approximate surface area is 495 Å². The van der Waals surface area contributed by atoms with Crippen LogP contribution in [0.5, 0.6) is 0 Å². The number of nitrogens with two attached hydrogens (primary N) is 1. The molecular weight excluding hydrogens is 1070 g/mol. The molecule has 9 aromatic rings. The first-order valence-corrected chi connectivity index (χ1v) is 28.9. The number of anilines is 3. The molecule has 0 amide bonds. The van der Waals surface area contributed by atoms with Crippen molar-refractivity contribution in [3.63, 3.8) is 0 Å². The van der Waals surface area contributed by atoms with Gasteiger partial charge in [-0.3, -0.25) is 15.3 Å². The van der Waals surface area contributed by atoms with Crippen LogP contribution in [0.3, 0.4) is 0 Å². The Morgan fingerprint density at radius 1 is 0.560 bits per heavy atom. The number of aromatic amines is 3. The predicted molar refractivity (Wildman–Crippen MR) is 335 cm³/mol. The molecule has 3 saturated heterocycles. The number of fused-ring (bicyclic) bond motifs is 3. The number of halogens is 3. The van der Waals surface area contributed by atoms with Gasteiger partial charge in [-0.25, -0.2) is 43.1 Å². The Balaban J connectivity index is 0.000000279. The Morgan fingerprint density at radius 3 is 1.45 bits per heavy atom. The third kappa shape index (κ3) is 12.4. The van der Waals surface area contributed by atoms with Crippen LogP contribution in [0.2, 0.25) is 0 Å². The van der Waals surface area contributed by atoms with Gasteiger partial charge in [0.25, 0.3) is 0 Å². The zero-order valence-corrected chi connectivity index (χ0v) is 49.2. The van der Waals surface area contributed by atoms with E-state index in [2.05, 4.69) is 96.8 Å². The van der Waals surface area contributed by atoms with Crippen molar-refractivity contribution in [1.29, 1.82) is 0 Å². The van der Waals surface area contributed by atoms with Gasteiger partial charge < -0.3 is 41.3 Å². The topological polar surface area (TPSA) is 264 Å². The van der Waals surface area contributed by atoms with E-state index in [-0.39, 0.29) is 78.7 Å². The fourth-order valence-corrected chi connectivity index (χ4v) is 11.2. The second kappa shape index (κ2) is 24.5. The predicted octanol–water partition coefficient (Wildman–Crippen LogP) is 9.91. The second-order valence-corrected chi connectivity index (χ2v) is 24.3. The van der Waals surface area contributed by atoms with Gasteiger partial charge in [0, 0.05) is 102 Å². The van der Waals surface area contributed by atoms with Crippen LogP contribution in [-0.2, 0) is 0 Å². The summed E-state index contributed by atoms with van der Waals surface area (Å²) in [6, 6.07) is 20.3. The van der Waals surface area contributed by atoms with Gasteiger partial charge in [-0.2, -0.15) is 15.3 Å². The summed E-state index contributed by atoms with van der Waals surface area (Å²) in [5.74, 6) is 0.737. The van der Waals surface area contributed by atoms with Crippen molar-refractivity contribution >= 4 is 50.6 Å². The zero-order chi connectivity index (χ0) is 59.7. The van der Waals surface area contributed by atoms with E-state index in [9.17, 15) is 23.4 Å². The van der Waals surface area contributed by atoms with Crippen LogP contribution in [0, 0.1) is 40.6 Å². The van der Waals surface area contributed by atoms with E-state index in [0.29, 0.717) is 90.6 Å². The lowest BCUT2D eigenvalue weighted by molar-refractivity contribution is -0.0234. The second-order valence-electron chi connectivity index (χ2n) is 24.3. The number of H-pyrrole nitrogens is 3. The Kier molecular flexibility index (Phi) is 17.3. The molecule has 456 valence electrons. The number of hydrogen-bond donors (Lipinski definition) is 8. The summed E-state index contributed by atoms with van der Waals surface area (Å²) in [5.41, 5.74) is 10.00. The maximum atomic E-state index is 14.7. The first-order valence-electron chi connectivity index (χ1n) is 28.9. The van der Waals surface area contributed by atoms with Crippen molar-refractivity contribution in [2.45, 2.75) is 104 Å². The maximum Gasteiger partial charge on any atom is 0.181 e. The lowest BCUT2D eigenvalue weighted by Gasteiger charge is -2.43. The van der Waals surface area contributed by atoms with Crippen LogP contribution in [0.4, 0.5) is 30.6 Å². The van der Waals surface area contributed by atoms with Crippen molar-refractivity contribution in [2.24, 2.45) is 28.9 Å². The molecule has 20 nitrogen and oxygen atoms in total. The van der Waals surface area contributed by atoms with Crippen molar-refractivity contribution in [3.05, 3.63) is 109 Å². The molecule has 6 atom stereocenters. The number of piperazine rings is 2. The van der Waals surface area contributed by atoms with Crippen molar-refractivity contribution in [2.75, 3.05) is 67.1 Å². The molecule has 6 unspecified atom stereocenters. The summed E-state index contributed by atoms with van der Waals surface area (Å²) >= 11 is 0. The van der Waals surface area contributed by atoms with Gasteiger partial charge in [-0.15, -0.1) is 0 Å². The van der Waals surface area contributed by atoms with Crippen LogP contribution < -0.4 is 31.1 Å². The molecule has 0 radical (unpaired) electrons. The largest absolute Gasteiger partial charge is 0.388 e. The van der Waals surface area contributed by atoms with Gasteiger partial charge in [-0.1, -0.05) is 48.5 Å². The standard InChI is InChI=1S/C21H27FN6.2C20H25FN6O.6H2/c1-21(2,3)19(23)13-6-5-11-28(12-13)16-9-8-15(22)18(25-16)17-14-7-4-10-24-20(14)27-26-17;2*1-12(2)20(3,28)16-11-27(10-9-22-16)19-14(21)6-7-15(24-19)17-13-5-4-8-23-18(13)26-25-17;;;;;;/h4,7-10,13,19H,5-6,11-12,23H2,1-3H3,(H,24,26,27);2*4-8,12,16,22,28H,9-11H2,1-3H3,(H,23,25,26);6*1H. The van der Waals surface area contributed by atoms with E-state index < -0.39 is 11.2 Å². The Bertz CT molecular complexity index is 3580. The van der Waals surface area contributed by atoms with Crippen LogP contribution >= 0.6 is 0 Å². The lowest BCUT2D eigenvalue weighted by Crippen LogP contribution is -2.62. The molecular formula is C61H89F3N18O2. The maximum absolute atomic E-state index is 14.7. The molecule has 3 aliphatic heterocycles. The minimum Gasteiger partial charge on any atom is -0.388 e. The SMILES string of the molecule is CC(C)(C)C(N)C1CCCN(c2ccc(F)c(-c3[nH]nc4ncccc34)n2)C1.CC(C)C(C)(O)C1CN(c2nc(-c3[nH]nc4ncccc34)ccc2F)CCN1.CC(C)C(C)(O)C1CN(c2nc(-c3[nH]nc4ncccc34)ccc2F)CCN1.[HH].[HH].[HH].[HH].[HH].[HH]. The van der Waals surface area contributed by atoms with Crippen molar-refractivity contribution in [1.82, 2.24) is 71.1 Å². The van der Waals surface area contributed by atoms with E-state index in [1.807, 2.05) is 87.7 Å². The normalized spacial score (nSPS) is 19.7. The number of aliphatic hydroxyl groups is 2. The average Bonchev–Trinajstić information content (AvgIpc) is 1.63. The summed E-state index contributed by atoms with van der Waals surface area (Å²) in [4.78, 5) is 32.5. The third-order valence-electron chi connectivity index (χ3n) is 17.2. The highest BCUT2D eigenvalue weighted by Crippen LogP contribution is 2.35. The van der Waals surface area contributed by atoms with Crippen LogP contribution in [-0.4, -0.2) is 152 Å². The van der Waals surface area contributed by atoms with Crippen LogP contribution in [0.15, 0.2) is 91.4 Å². The number of piperidine rings is 1. The Morgan fingerprint density at radius 2 is 1.00 bits per heavy atom. The summed E-state index contributed by atoms with van der Waals surface area (Å²) in [5, 5.41) is 52.2. The zero-order valence-electron chi connectivity index (χ0n) is 49.2. The smallest absolute Gasteiger partial charge is 0.181 e. The first kappa shape index (κ1) is 59.5. The number of aromatic nitrogens is 12. The molecule has 12 rings (SSSR count). The minimum atomic E-state index is -0.905. The number of nitrogens with one attached hydrogen (secondary N) is 5. The number of hydrogen-bond acceptors (Lipinski definition) is 17. The number of rotatable bonds is 11. The highest BCUT2D eigenvalue weighted by molar-refractivity contribution is 5.91. The Hall–Kier alpha value is -7.70. The van der Waals surface area contributed by atoms with Gasteiger partial charge in [0.1, 0.15) is 11.5 Å².